The summed E-state index contributed by atoms with van der Waals surface area (Å²) in [5.41, 5.74) is 5.40. The van der Waals surface area contributed by atoms with Crippen LogP contribution in [0.1, 0.15) is 20.3 Å². The molecule has 2 atom stereocenters. The number of hydrogen-bond acceptors (Lipinski definition) is 4. The predicted octanol–water partition coefficient (Wildman–Crippen LogP) is 0.704. The molecule has 1 saturated heterocycles. The molecule has 1 heterocycles. The summed E-state index contributed by atoms with van der Waals surface area (Å²) >= 11 is 1.67. The molecule has 5 heteroatoms. The number of carbonyl (C=O) groups is 1. The minimum absolute atomic E-state index is 0.154. The van der Waals surface area contributed by atoms with Gasteiger partial charge in [0.2, 0.25) is 5.91 Å². The van der Waals surface area contributed by atoms with Crippen molar-refractivity contribution in [3.05, 3.63) is 0 Å². The van der Waals surface area contributed by atoms with Gasteiger partial charge in [0.15, 0.2) is 0 Å². The molecule has 0 bridgehead atoms. The summed E-state index contributed by atoms with van der Waals surface area (Å²) in [5.74, 6) is 1.76. The quantitative estimate of drug-likeness (QED) is 0.726. The molecule has 0 radical (unpaired) electrons. The standard InChI is InChI=1S/C11H22N2O2S/c1-9-6-13(7-10(2)15-9)11(14)8-16-5-3-4-12/h9-10H,3-8,12H2,1-2H3. The number of hydrogen-bond donors (Lipinski definition) is 1. The summed E-state index contributed by atoms with van der Waals surface area (Å²) in [5, 5.41) is 0. The van der Waals surface area contributed by atoms with Gasteiger partial charge in [-0.15, -0.1) is 0 Å². The molecule has 1 aliphatic rings. The lowest BCUT2D eigenvalue weighted by atomic mass is 10.2. The third-order valence-corrected chi connectivity index (χ3v) is 3.52. The normalized spacial score (nSPS) is 25.8. The molecule has 0 aromatic rings. The van der Waals surface area contributed by atoms with Gasteiger partial charge in [0.05, 0.1) is 18.0 Å². The van der Waals surface area contributed by atoms with Crippen LogP contribution < -0.4 is 5.73 Å². The lowest BCUT2D eigenvalue weighted by molar-refractivity contribution is -0.140. The van der Waals surface area contributed by atoms with Crippen molar-refractivity contribution in [1.29, 1.82) is 0 Å². The molecule has 2 N–H and O–H groups in total. The van der Waals surface area contributed by atoms with Gasteiger partial charge >= 0.3 is 0 Å². The van der Waals surface area contributed by atoms with Crippen molar-refractivity contribution in [1.82, 2.24) is 4.90 Å². The molecule has 1 aliphatic heterocycles. The fourth-order valence-electron chi connectivity index (χ4n) is 1.82. The van der Waals surface area contributed by atoms with Gasteiger partial charge < -0.3 is 15.4 Å². The molecular weight excluding hydrogens is 224 g/mol. The second kappa shape index (κ2) is 7.14. The van der Waals surface area contributed by atoms with E-state index in [0.29, 0.717) is 12.3 Å². The Balaban J connectivity index is 2.24. The van der Waals surface area contributed by atoms with Crippen molar-refractivity contribution >= 4 is 17.7 Å². The first-order chi connectivity index (χ1) is 7.63. The molecule has 0 aromatic heterocycles. The molecule has 2 unspecified atom stereocenters. The highest BCUT2D eigenvalue weighted by atomic mass is 32.2. The van der Waals surface area contributed by atoms with E-state index >= 15 is 0 Å². The molecule has 1 fully saturated rings. The number of thioether (sulfide) groups is 1. The van der Waals surface area contributed by atoms with Gasteiger partial charge in [-0.25, -0.2) is 0 Å². The number of rotatable bonds is 5. The SMILES string of the molecule is CC1CN(C(=O)CSCCCN)CC(C)O1. The average Bonchev–Trinajstić information content (AvgIpc) is 2.22. The lowest BCUT2D eigenvalue weighted by Crippen LogP contribution is -2.48. The maximum Gasteiger partial charge on any atom is 0.232 e. The minimum Gasteiger partial charge on any atom is -0.372 e. The van der Waals surface area contributed by atoms with Crippen molar-refractivity contribution in [2.75, 3.05) is 31.1 Å². The molecule has 0 aromatic carbocycles. The predicted molar refractivity (Wildman–Crippen MR) is 67.6 cm³/mol. The van der Waals surface area contributed by atoms with Gasteiger partial charge in [-0.1, -0.05) is 0 Å². The number of nitrogens with two attached hydrogens (primary N) is 1. The number of carbonyl (C=O) groups excluding carboxylic acids is 1. The molecule has 16 heavy (non-hydrogen) atoms. The Morgan fingerprint density at radius 1 is 1.44 bits per heavy atom. The smallest absolute Gasteiger partial charge is 0.232 e. The Kier molecular flexibility index (Phi) is 6.16. The van der Waals surface area contributed by atoms with Crippen LogP contribution in [0.3, 0.4) is 0 Å². The molecule has 0 aliphatic carbocycles. The van der Waals surface area contributed by atoms with Crippen LogP contribution in [0.15, 0.2) is 0 Å². The van der Waals surface area contributed by atoms with Gasteiger partial charge in [0.25, 0.3) is 0 Å². The van der Waals surface area contributed by atoms with Gasteiger partial charge in [-0.05, 0) is 32.6 Å². The van der Waals surface area contributed by atoms with Crippen LogP contribution in [0.4, 0.5) is 0 Å². The first kappa shape index (κ1) is 13.8. The Hall–Kier alpha value is -0.260. The Morgan fingerprint density at radius 3 is 2.62 bits per heavy atom. The van der Waals surface area contributed by atoms with Crippen molar-refractivity contribution in [3.8, 4) is 0 Å². The van der Waals surface area contributed by atoms with E-state index in [0.717, 1.165) is 25.3 Å². The van der Waals surface area contributed by atoms with Gasteiger partial charge in [0, 0.05) is 13.1 Å². The monoisotopic (exact) mass is 246 g/mol. The fraction of sp³-hybridized carbons (Fsp3) is 0.909. The second-order valence-electron chi connectivity index (χ2n) is 4.25. The highest BCUT2D eigenvalue weighted by Gasteiger charge is 2.25. The fourth-order valence-corrected chi connectivity index (χ4v) is 2.69. The molecule has 0 saturated carbocycles. The van der Waals surface area contributed by atoms with E-state index in [4.69, 9.17) is 10.5 Å². The Labute approximate surface area is 102 Å². The van der Waals surface area contributed by atoms with E-state index in [1.165, 1.54) is 0 Å². The average molecular weight is 246 g/mol. The summed E-state index contributed by atoms with van der Waals surface area (Å²) in [6.07, 6.45) is 1.29. The topological polar surface area (TPSA) is 55.6 Å². The lowest BCUT2D eigenvalue weighted by Gasteiger charge is -2.35. The maximum absolute atomic E-state index is 11.9. The van der Waals surface area contributed by atoms with Gasteiger partial charge in [0.1, 0.15) is 0 Å². The molecule has 0 spiro atoms. The minimum atomic E-state index is 0.154. The van der Waals surface area contributed by atoms with Gasteiger partial charge in [-0.2, -0.15) is 11.8 Å². The molecule has 4 nitrogen and oxygen atoms in total. The van der Waals surface area contributed by atoms with E-state index in [2.05, 4.69) is 0 Å². The van der Waals surface area contributed by atoms with Crippen molar-refractivity contribution in [2.45, 2.75) is 32.5 Å². The maximum atomic E-state index is 11.9. The molecular formula is C11H22N2O2S. The Morgan fingerprint density at radius 2 is 2.06 bits per heavy atom. The van der Waals surface area contributed by atoms with Crippen molar-refractivity contribution in [2.24, 2.45) is 5.73 Å². The van der Waals surface area contributed by atoms with Crippen LogP contribution in [0.25, 0.3) is 0 Å². The zero-order valence-electron chi connectivity index (χ0n) is 10.1. The van der Waals surface area contributed by atoms with E-state index < -0.39 is 0 Å². The van der Waals surface area contributed by atoms with Crippen LogP contribution in [0.5, 0.6) is 0 Å². The van der Waals surface area contributed by atoms with E-state index in [9.17, 15) is 4.79 Å². The third-order valence-electron chi connectivity index (χ3n) is 2.49. The highest BCUT2D eigenvalue weighted by molar-refractivity contribution is 7.99. The number of nitrogens with zero attached hydrogens (tertiary/aromatic N) is 1. The number of morpholine rings is 1. The number of ether oxygens (including phenoxy) is 1. The summed E-state index contributed by atoms with van der Waals surface area (Å²) in [4.78, 5) is 13.8. The van der Waals surface area contributed by atoms with Crippen LogP contribution >= 0.6 is 11.8 Å². The zero-order chi connectivity index (χ0) is 12.0. The second-order valence-corrected chi connectivity index (χ2v) is 5.36. The van der Waals surface area contributed by atoms with Crippen LogP contribution in [0.2, 0.25) is 0 Å². The highest BCUT2D eigenvalue weighted by Crippen LogP contribution is 2.12. The van der Waals surface area contributed by atoms with Crippen LogP contribution in [-0.4, -0.2) is 54.2 Å². The van der Waals surface area contributed by atoms with E-state index in [-0.39, 0.29) is 18.1 Å². The molecule has 1 rings (SSSR count). The van der Waals surface area contributed by atoms with E-state index in [1.807, 2.05) is 18.7 Å². The van der Waals surface area contributed by atoms with Crippen LogP contribution in [-0.2, 0) is 9.53 Å². The third kappa shape index (κ3) is 4.72. The largest absolute Gasteiger partial charge is 0.372 e. The zero-order valence-corrected chi connectivity index (χ0v) is 11.0. The number of amides is 1. The first-order valence-electron chi connectivity index (χ1n) is 5.84. The summed E-state index contributed by atoms with van der Waals surface area (Å²) in [6.45, 7) is 6.17. The summed E-state index contributed by atoms with van der Waals surface area (Å²) in [6, 6.07) is 0. The Bertz CT molecular complexity index is 216. The molecule has 94 valence electrons. The summed E-state index contributed by atoms with van der Waals surface area (Å²) in [7, 11) is 0. The molecule has 1 amide bonds. The first-order valence-corrected chi connectivity index (χ1v) is 7.00. The van der Waals surface area contributed by atoms with Crippen molar-refractivity contribution < 1.29 is 9.53 Å². The summed E-state index contributed by atoms with van der Waals surface area (Å²) < 4.78 is 5.59. The van der Waals surface area contributed by atoms with Crippen LogP contribution in [0, 0.1) is 0 Å². The van der Waals surface area contributed by atoms with Gasteiger partial charge in [-0.3, -0.25) is 4.79 Å². The van der Waals surface area contributed by atoms with Crippen molar-refractivity contribution in [3.63, 3.8) is 0 Å². The van der Waals surface area contributed by atoms with E-state index in [1.54, 1.807) is 11.8 Å².